The van der Waals surface area contributed by atoms with Gasteiger partial charge in [-0.15, -0.1) is 0 Å². The van der Waals surface area contributed by atoms with Gasteiger partial charge >= 0.3 is 7.12 Å². The summed E-state index contributed by atoms with van der Waals surface area (Å²) in [5.41, 5.74) is 0.980. The molecule has 5 heteroatoms. The highest BCUT2D eigenvalue weighted by Gasteiger charge is 2.12. The molecule has 0 aliphatic heterocycles. The summed E-state index contributed by atoms with van der Waals surface area (Å²) >= 11 is 0. The first-order valence-electron chi connectivity index (χ1n) is 4.40. The lowest BCUT2D eigenvalue weighted by molar-refractivity contribution is -0.0979. The second kappa shape index (κ2) is 5.12. The van der Waals surface area contributed by atoms with Crippen LogP contribution < -0.4 is 5.46 Å². The first kappa shape index (κ1) is 11.2. The zero-order valence-electron chi connectivity index (χ0n) is 7.92. The Kier molecular flexibility index (Phi) is 4.09. The largest absolute Gasteiger partial charge is 0.488 e. The predicted molar refractivity (Wildman–Crippen MR) is 52.9 cm³/mol. The maximum atomic E-state index is 9.40. The SMILES string of the molecule is CCOC(O)c1ccc(B(O)O)cc1. The molecule has 1 atom stereocenters. The first-order chi connectivity index (χ1) is 6.65. The molecule has 0 saturated heterocycles. The van der Waals surface area contributed by atoms with Gasteiger partial charge in [0.25, 0.3) is 0 Å². The van der Waals surface area contributed by atoms with E-state index in [9.17, 15) is 5.11 Å². The molecule has 0 amide bonds. The van der Waals surface area contributed by atoms with E-state index < -0.39 is 13.4 Å². The number of aliphatic hydroxyl groups excluding tert-OH is 1. The highest BCUT2D eigenvalue weighted by Crippen LogP contribution is 2.12. The molecule has 3 N–H and O–H groups in total. The van der Waals surface area contributed by atoms with E-state index in [-0.39, 0.29) is 0 Å². The van der Waals surface area contributed by atoms with Crippen LogP contribution in [0.25, 0.3) is 0 Å². The van der Waals surface area contributed by atoms with Gasteiger partial charge in [-0.1, -0.05) is 24.3 Å². The molecule has 0 fully saturated rings. The van der Waals surface area contributed by atoms with E-state index in [1.54, 1.807) is 19.1 Å². The molecule has 0 bridgehead atoms. The van der Waals surface area contributed by atoms with Crippen LogP contribution in [0.4, 0.5) is 0 Å². The Balaban J connectivity index is 2.72. The lowest BCUT2D eigenvalue weighted by Crippen LogP contribution is -2.29. The Morgan fingerprint density at radius 1 is 1.29 bits per heavy atom. The lowest BCUT2D eigenvalue weighted by atomic mass is 9.80. The summed E-state index contributed by atoms with van der Waals surface area (Å²) in [6.07, 6.45) is -0.954. The Morgan fingerprint density at radius 3 is 2.29 bits per heavy atom. The average Bonchev–Trinajstić information content (AvgIpc) is 2.18. The minimum Gasteiger partial charge on any atom is -0.423 e. The fourth-order valence-corrected chi connectivity index (χ4v) is 1.09. The molecule has 4 nitrogen and oxygen atoms in total. The van der Waals surface area contributed by atoms with E-state index in [1.807, 2.05) is 0 Å². The smallest absolute Gasteiger partial charge is 0.423 e. The number of ether oxygens (including phenoxy) is 1. The van der Waals surface area contributed by atoms with Crippen molar-refractivity contribution in [3.63, 3.8) is 0 Å². The number of benzene rings is 1. The van der Waals surface area contributed by atoms with Crippen LogP contribution in [0.15, 0.2) is 24.3 Å². The van der Waals surface area contributed by atoms with Gasteiger partial charge in [0.15, 0.2) is 6.29 Å². The van der Waals surface area contributed by atoms with Gasteiger partial charge in [-0.25, -0.2) is 0 Å². The van der Waals surface area contributed by atoms with Gasteiger partial charge in [0.2, 0.25) is 0 Å². The Morgan fingerprint density at radius 2 is 1.86 bits per heavy atom. The van der Waals surface area contributed by atoms with Crippen molar-refractivity contribution >= 4 is 12.6 Å². The standard InChI is InChI=1S/C9H13BO4/c1-2-14-9(11)7-3-5-8(6-4-7)10(12)13/h3-6,9,11-13H,2H2,1H3. The van der Waals surface area contributed by atoms with Crippen LogP contribution in [0.2, 0.25) is 0 Å². The van der Waals surface area contributed by atoms with Gasteiger partial charge in [-0.2, -0.15) is 0 Å². The average molecular weight is 196 g/mol. The van der Waals surface area contributed by atoms with Crippen molar-refractivity contribution in [2.75, 3.05) is 6.61 Å². The van der Waals surface area contributed by atoms with Crippen LogP contribution in [-0.4, -0.2) is 28.9 Å². The van der Waals surface area contributed by atoms with E-state index in [2.05, 4.69) is 0 Å². The summed E-state index contributed by atoms with van der Waals surface area (Å²) in [5, 5.41) is 27.0. The van der Waals surface area contributed by atoms with Crippen LogP contribution in [-0.2, 0) is 4.74 Å². The second-order valence-corrected chi connectivity index (χ2v) is 2.85. The van der Waals surface area contributed by atoms with Gasteiger partial charge in [0.1, 0.15) is 0 Å². The van der Waals surface area contributed by atoms with Crippen LogP contribution in [0.5, 0.6) is 0 Å². The van der Waals surface area contributed by atoms with Crippen molar-refractivity contribution in [3.05, 3.63) is 29.8 Å². The van der Waals surface area contributed by atoms with Crippen molar-refractivity contribution in [2.24, 2.45) is 0 Å². The van der Waals surface area contributed by atoms with Gasteiger partial charge < -0.3 is 19.9 Å². The van der Waals surface area contributed by atoms with E-state index in [4.69, 9.17) is 14.8 Å². The monoisotopic (exact) mass is 196 g/mol. The third-order valence-corrected chi connectivity index (χ3v) is 1.84. The molecule has 0 saturated carbocycles. The van der Waals surface area contributed by atoms with E-state index in [0.29, 0.717) is 17.6 Å². The van der Waals surface area contributed by atoms with E-state index >= 15 is 0 Å². The lowest BCUT2D eigenvalue weighted by Gasteiger charge is -2.10. The minimum absolute atomic E-state index is 0.387. The van der Waals surface area contributed by atoms with Gasteiger partial charge in [0.05, 0.1) is 0 Å². The first-order valence-corrected chi connectivity index (χ1v) is 4.40. The Bertz CT molecular complexity index is 273. The molecule has 1 aromatic carbocycles. The molecule has 1 unspecified atom stereocenters. The minimum atomic E-state index is -1.48. The summed E-state index contributed by atoms with van der Waals surface area (Å²) in [6.45, 7) is 2.21. The predicted octanol–water partition coefficient (Wildman–Crippen LogP) is -0.606. The molecular formula is C9H13BO4. The second-order valence-electron chi connectivity index (χ2n) is 2.85. The Labute approximate surface area is 82.9 Å². The molecule has 0 aliphatic carbocycles. The molecule has 0 aromatic heterocycles. The normalized spacial score (nSPS) is 12.6. The Hall–Kier alpha value is -0.875. The van der Waals surface area contributed by atoms with Crippen LogP contribution in [0.1, 0.15) is 18.8 Å². The topological polar surface area (TPSA) is 69.9 Å². The van der Waals surface area contributed by atoms with E-state index in [1.165, 1.54) is 12.1 Å². The van der Waals surface area contributed by atoms with Crippen molar-refractivity contribution in [2.45, 2.75) is 13.2 Å². The fraction of sp³-hybridized carbons (Fsp3) is 0.333. The molecular weight excluding hydrogens is 183 g/mol. The fourth-order valence-electron chi connectivity index (χ4n) is 1.09. The van der Waals surface area contributed by atoms with Crippen molar-refractivity contribution in [1.82, 2.24) is 0 Å². The third-order valence-electron chi connectivity index (χ3n) is 1.84. The maximum Gasteiger partial charge on any atom is 0.488 e. The number of rotatable bonds is 4. The molecule has 1 aromatic rings. The summed E-state index contributed by atoms with van der Waals surface area (Å²) in [4.78, 5) is 0. The highest BCUT2D eigenvalue weighted by atomic mass is 16.6. The molecule has 0 aliphatic rings. The van der Waals surface area contributed by atoms with Gasteiger partial charge in [-0.05, 0) is 12.4 Å². The number of aliphatic hydroxyl groups is 1. The molecule has 1 rings (SSSR count). The summed E-state index contributed by atoms with van der Waals surface area (Å²) in [7, 11) is -1.48. The summed E-state index contributed by atoms with van der Waals surface area (Å²) in [5.74, 6) is 0. The number of hydrogen-bond donors (Lipinski definition) is 3. The van der Waals surface area contributed by atoms with Crippen molar-refractivity contribution < 1.29 is 19.9 Å². The maximum absolute atomic E-state index is 9.40. The van der Waals surface area contributed by atoms with Gasteiger partial charge in [-0.3, -0.25) is 0 Å². The molecule has 0 spiro atoms. The van der Waals surface area contributed by atoms with Crippen LogP contribution in [0, 0.1) is 0 Å². The quantitative estimate of drug-likeness (QED) is 0.444. The zero-order valence-corrected chi connectivity index (χ0v) is 7.92. The summed E-state index contributed by atoms with van der Waals surface area (Å²) in [6, 6.07) is 6.24. The van der Waals surface area contributed by atoms with Crippen molar-refractivity contribution in [1.29, 1.82) is 0 Å². The summed E-state index contributed by atoms with van der Waals surface area (Å²) < 4.78 is 4.96. The van der Waals surface area contributed by atoms with Crippen LogP contribution in [0.3, 0.4) is 0 Å². The zero-order chi connectivity index (χ0) is 10.6. The molecule has 76 valence electrons. The van der Waals surface area contributed by atoms with Gasteiger partial charge in [0, 0.05) is 12.2 Å². The van der Waals surface area contributed by atoms with E-state index in [0.717, 1.165) is 0 Å². The third kappa shape index (κ3) is 2.82. The highest BCUT2D eigenvalue weighted by molar-refractivity contribution is 6.58. The number of hydrogen-bond acceptors (Lipinski definition) is 4. The van der Waals surface area contributed by atoms with Crippen LogP contribution >= 0.6 is 0 Å². The molecule has 0 radical (unpaired) electrons. The molecule has 14 heavy (non-hydrogen) atoms. The molecule has 0 heterocycles. The van der Waals surface area contributed by atoms with Crippen molar-refractivity contribution in [3.8, 4) is 0 Å².